The monoisotopic (exact) mass is 261 g/mol. The van der Waals surface area contributed by atoms with Crippen LogP contribution in [0.4, 0.5) is 0 Å². The number of ketones is 1. The largest absolute Gasteiger partial charge is 0.496 e. The Kier molecular flexibility index (Phi) is 3.95. The molecule has 1 fully saturated rings. The molecule has 0 aliphatic carbocycles. The predicted octanol–water partition coefficient (Wildman–Crippen LogP) is 2.93. The van der Waals surface area contributed by atoms with Crippen molar-refractivity contribution in [2.75, 3.05) is 13.7 Å². The van der Waals surface area contributed by atoms with Crippen LogP contribution in [0, 0.1) is 0 Å². The molecule has 3 nitrogen and oxygen atoms in total. The van der Waals surface area contributed by atoms with Crippen LogP contribution in [0.25, 0.3) is 0 Å². The average Bonchev–Trinajstić information content (AvgIpc) is 2.90. The van der Waals surface area contributed by atoms with Crippen LogP contribution >= 0.6 is 0 Å². The van der Waals surface area contributed by atoms with Crippen LogP contribution < -0.4 is 10.1 Å². The summed E-state index contributed by atoms with van der Waals surface area (Å²) in [6.07, 6.45) is 2.02. The summed E-state index contributed by atoms with van der Waals surface area (Å²) >= 11 is 0. The van der Waals surface area contributed by atoms with Crippen molar-refractivity contribution in [1.29, 1.82) is 0 Å². The van der Waals surface area contributed by atoms with E-state index >= 15 is 0 Å². The maximum atomic E-state index is 12.4. The number of methoxy groups -OCH3 is 1. The fourth-order valence-corrected chi connectivity index (χ4v) is 2.56. The van der Waals surface area contributed by atoms with Crippen molar-refractivity contribution in [3.05, 3.63) is 29.3 Å². The molecule has 1 aromatic carbocycles. The lowest BCUT2D eigenvalue weighted by Crippen LogP contribution is -2.31. The number of carbonyl (C=O) groups is 1. The lowest BCUT2D eigenvalue weighted by molar-refractivity contribution is 0.0952. The third-order valence-corrected chi connectivity index (χ3v) is 3.67. The van der Waals surface area contributed by atoms with E-state index in [1.807, 2.05) is 18.2 Å². The minimum absolute atomic E-state index is 0.0128. The summed E-state index contributed by atoms with van der Waals surface area (Å²) in [5.74, 6) is 1.05. The molecule has 1 atom stereocenters. The molecule has 3 heteroatoms. The van der Waals surface area contributed by atoms with E-state index in [0.717, 1.165) is 36.3 Å². The molecule has 0 spiro atoms. The molecule has 1 aliphatic heterocycles. The summed E-state index contributed by atoms with van der Waals surface area (Å²) in [6, 6.07) is 5.75. The number of hydrogen-bond donors (Lipinski definition) is 1. The van der Waals surface area contributed by atoms with E-state index in [1.54, 1.807) is 7.11 Å². The van der Waals surface area contributed by atoms with Gasteiger partial charge >= 0.3 is 0 Å². The highest BCUT2D eigenvalue weighted by atomic mass is 16.5. The molecular weight excluding hydrogens is 238 g/mol. The Morgan fingerprint density at radius 2 is 2.11 bits per heavy atom. The van der Waals surface area contributed by atoms with Gasteiger partial charge in [0.1, 0.15) is 5.75 Å². The molecular formula is C16H23NO2. The van der Waals surface area contributed by atoms with Gasteiger partial charge < -0.3 is 10.1 Å². The smallest absolute Gasteiger partial charge is 0.179 e. The first kappa shape index (κ1) is 14.1. The Labute approximate surface area is 115 Å². The number of hydrogen-bond acceptors (Lipinski definition) is 3. The maximum Gasteiger partial charge on any atom is 0.179 e. The van der Waals surface area contributed by atoms with Crippen molar-refractivity contribution < 1.29 is 9.53 Å². The highest BCUT2D eigenvalue weighted by Gasteiger charge is 2.26. The van der Waals surface area contributed by atoms with Gasteiger partial charge in [-0.15, -0.1) is 0 Å². The Balaban J connectivity index is 2.34. The van der Waals surface area contributed by atoms with Gasteiger partial charge in [-0.3, -0.25) is 4.79 Å². The van der Waals surface area contributed by atoms with Gasteiger partial charge in [0, 0.05) is 11.1 Å². The first-order valence-electron chi connectivity index (χ1n) is 6.89. The minimum atomic E-state index is -0.0370. The Bertz CT molecular complexity index is 468. The molecule has 1 saturated heterocycles. The zero-order valence-corrected chi connectivity index (χ0v) is 12.2. The van der Waals surface area contributed by atoms with E-state index in [0.29, 0.717) is 0 Å². The minimum Gasteiger partial charge on any atom is -0.496 e. The number of rotatable bonds is 3. The zero-order chi connectivity index (χ0) is 14.0. The van der Waals surface area contributed by atoms with Crippen molar-refractivity contribution in [3.63, 3.8) is 0 Å². The van der Waals surface area contributed by atoms with E-state index in [4.69, 9.17) is 4.74 Å². The molecule has 0 aromatic heterocycles. The zero-order valence-electron chi connectivity index (χ0n) is 12.2. The molecule has 1 aromatic rings. The number of benzene rings is 1. The fourth-order valence-electron chi connectivity index (χ4n) is 2.56. The van der Waals surface area contributed by atoms with Gasteiger partial charge in [-0.2, -0.15) is 0 Å². The molecule has 0 bridgehead atoms. The second kappa shape index (κ2) is 5.33. The molecule has 1 N–H and O–H groups in total. The van der Waals surface area contributed by atoms with E-state index in [9.17, 15) is 4.79 Å². The molecule has 19 heavy (non-hydrogen) atoms. The van der Waals surface area contributed by atoms with Crippen molar-refractivity contribution in [1.82, 2.24) is 5.32 Å². The number of carbonyl (C=O) groups excluding carboxylic acids is 1. The van der Waals surface area contributed by atoms with Crippen LogP contribution in [0.5, 0.6) is 5.75 Å². The molecule has 1 unspecified atom stereocenters. The molecule has 2 rings (SSSR count). The van der Waals surface area contributed by atoms with Crippen LogP contribution in [-0.2, 0) is 5.41 Å². The molecule has 0 amide bonds. The maximum absolute atomic E-state index is 12.4. The van der Waals surface area contributed by atoms with E-state index in [1.165, 1.54) is 0 Å². The molecule has 1 aliphatic rings. The van der Waals surface area contributed by atoms with Crippen LogP contribution in [0.15, 0.2) is 18.2 Å². The standard InChI is InChI=1S/C16H23NO2/c1-16(2,3)12-10-11(7-8-14(12)19-4)15(18)13-6-5-9-17-13/h7-8,10,13,17H,5-6,9H2,1-4H3. The van der Waals surface area contributed by atoms with Crippen LogP contribution in [0.1, 0.15) is 49.5 Å². The number of nitrogens with one attached hydrogen (secondary N) is 1. The fraction of sp³-hybridized carbons (Fsp3) is 0.562. The van der Waals surface area contributed by atoms with Crippen molar-refractivity contribution in [3.8, 4) is 5.75 Å². The third kappa shape index (κ3) is 2.98. The predicted molar refractivity (Wildman–Crippen MR) is 77.0 cm³/mol. The first-order valence-corrected chi connectivity index (χ1v) is 6.89. The molecule has 104 valence electrons. The van der Waals surface area contributed by atoms with Gasteiger partial charge in [0.15, 0.2) is 5.78 Å². The molecule has 1 heterocycles. The van der Waals surface area contributed by atoms with Crippen LogP contribution in [0.2, 0.25) is 0 Å². The quantitative estimate of drug-likeness (QED) is 0.850. The normalized spacial score (nSPS) is 19.5. The second-order valence-electron chi connectivity index (χ2n) is 6.18. The molecule has 0 saturated carbocycles. The van der Waals surface area contributed by atoms with E-state index < -0.39 is 0 Å². The van der Waals surface area contributed by atoms with Crippen molar-refractivity contribution in [2.45, 2.75) is 45.1 Å². The summed E-state index contributed by atoms with van der Waals surface area (Å²) in [7, 11) is 1.67. The number of Topliss-reactive ketones (excluding diaryl/α,β-unsaturated/α-hetero) is 1. The van der Waals surface area contributed by atoms with Crippen LogP contribution in [0.3, 0.4) is 0 Å². The lowest BCUT2D eigenvalue weighted by atomic mass is 9.84. The van der Waals surface area contributed by atoms with Gasteiger partial charge in [-0.25, -0.2) is 0 Å². The Morgan fingerprint density at radius 3 is 2.63 bits per heavy atom. The topological polar surface area (TPSA) is 38.3 Å². The van der Waals surface area contributed by atoms with E-state index in [-0.39, 0.29) is 17.2 Å². The van der Waals surface area contributed by atoms with Gasteiger partial charge in [0.25, 0.3) is 0 Å². The highest BCUT2D eigenvalue weighted by molar-refractivity contribution is 6.00. The van der Waals surface area contributed by atoms with Gasteiger partial charge in [0.2, 0.25) is 0 Å². The van der Waals surface area contributed by atoms with Gasteiger partial charge in [0.05, 0.1) is 13.2 Å². The number of ether oxygens (including phenoxy) is 1. The summed E-state index contributed by atoms with van der Waals surface area (Å²) < 4.78 is 5.41. The summed E-state index contributed by atoms with van der Waals surface area (Å²) in [6.45, 7) is 7.34. The highest BCUT2D eigenvalue weighted by Crippen LogP contribution is 2.32. The Morgan fingerprint density at radius 1 is 1.37 bits per heavy atom. The Hall–Kier alpha value is -1.35. The summed E-state index contributed by atoms with van der Waals surface area (Å²) in [5, 5.41) is 3.26. The average molecular weight is 261 g/mol. The summed E-state index contributed by atoms with van der Waals surface area (Å²) in [4.78, 5) is 12.4. The van der Waals surface area contributed by atoms with Gasteiger partial charge in [-0.1, -0.05) is 20.8 Å². The SMILES string of the molecule is COc1ccc(C(=O)C2CCCN2)cc1C(C)(C)C. The van der Waals surface area contributed by atoms with Crippen molar-refractivity contribution in [2.24, 2.45) is 0 Å². The van der Waals surface area contributed by atoms with Crippen LogP contribution in [-0.4, -0.2) is 25.5 Å². The summed E-state index contributed by atoms with van der Waals surface area (Å²) in [5.41, 5.74) is 1.83. The second-order valence-corrected chi connectivity index (χ2v) is 6.18. The molecule has 0 radical (unpaired) electrons. The third-order valence-electron chi connectivity index (χ3n) is 3.67. The first-order chi connectivity index (χ1) is 8.93. The lowest BCUT2D eigenvalue weighted by Gasteiger charge is -2.23. The van der Waals surface area contributed by atoms with Gasteiger partial charge in [-0.05, 0) is 43.0 Å². The van der Waals surface area contributed by atoms with E-state index in [2.05, 4.69) is 26.1 Å². The van der Waals surface area contributed by atoms with Crippen molar-refractivity contribution >= 4 is 5.78 Å².